The lowest BCUT2D eigenvalue weighted by Crippen LogP contribution is -2.11. The molecule has 3 rings (SSSR count). The van der Waals surface area contributed by atoms with Crippen LogP contribution in [0, 0.1) is 0 Å². The number of halogens is 6. The van der Waals surface area contributed by atoms with Gasteiger partial charge in [-0.3, -0.25) is 5.10 Å². The average Bonchev–Trinajstić information content (AvgIpc) is 3.14. The van der Waals surface area contributed by atoms with Gasteiger partial charge in [-0.05, 0) is 48.7 Å². The van der Waals surface area contributed by atoms with E-state index in [1.54, 1.807) is 12.3 Å². The number of hydrogen-bond donors (Lipinski definition) is 1. The quantitative estimate of drug-likeness (QED) is 0.225. The molecule has 30 heavy (non-hydrogen) atoms. The van der Waals surface area contributed by atoms with Crippen molar-refractivity contribution in [3.63, 3.8) is 0 Å². The van der Waals surface area contributed by atoms with Gasteiger partial charge in [-0.15, -0.1) is 5.10 Å². The van der Waals surface area contributed by atoms with E-state index in [1.165, 1.54) is 11.8 Å². The van der Waals surface area contributed by atoms with Gasteiger partial charge in [0.15, 0.2) is 11.0 Å². The van der Waals surface area contributed by atoms with E-state index in [2.05, 4.69) is 25.1 Å². The van der Waals surface area contributed by atoms with Crippen molar-refractivity contribution < 1.29 is 26.3 Å². The maximum absolute atomic E-state index is 13.1. The van der Waals surface area contributed by atoms with E-state index in [9.17, 15) is 26.3 Å². The Kier molecular flexibility index (Phi) is 6.32. The first-order valence-electron chi connectivity index (χ1n) is 8.31. The maximum atomic E-state index is 13.1. The molecule has 0 saturated carbocycles. The van der Waals surface area contributed by atoms with E-state index in [1.807, 2.05) is 6.92 Å². The molecule has 3 aromatic rings. The third-order valence-corrected chi connectivity index (χ3v) is 5.13. The van der Waals surface area contributed by atoms with Crippen molar-refractivity contribution in [2.24, 2.45) is 0 Å². The number of thioether (sulfide) groups is 1. The highest BCUT2D eigenvalue weighted by Crippen LogP contribution is 2.38. The Morgan fingerprint density at radius 3 is 2.03 bits per heavy atom. The number of nitrogens with one attached hydrogen (secondary N) is 1. The van der Waals surface area contributed by atoms with E-state index in [-0.39, 0.29) is 22.6 Å². The van der Waals surface area contributed by atoms with Gasteiger partial charge in [0.05, 0.1) is 11.1 Å². The molecule has 5 nitrogen and oxygen atoms in total. The molecule has 0 atom stereocenters. The molecule has 160 valence electrons. The van der Waals surface area contributed by atoms with Gasteiger partial charge in [0, 0.05) is 11.3 Å². The molecule has 0 aliphatic heterocycles. The van der Waals surface area contributed by atoms with Gasteiger partial charge in [-0.25, -0.2) is 15.0 Å². The minimum absolute atomic E-state index is 0.0621. The van der Waals surface area contributed by atoms with Crippen LogP contribution in [-0.2, 0) is 18.8 Å². The molecular weight excluding hydrogens is 452 g/mol. The molecule has 0 aliphatic rings. The highest BCUT2D eigenvalue weighted by molar-refractivity contribution is 7.99. The molecule has 13 heteroatoms. The van der Waals surface area contributed by atoms with Crippen LogP contribution in [0.25, 0.3) is 11.4 Å². The highest BCUT2D eigenvalue weighted by Gasteiger charge is 2.37. The van der Waals surface area contributed by atoms with Crippen LogP contribution in [0.4, 0.5) is 26.3 Å². The van der Waals surface area contributed by atoms with Crippen LogP contribution in [0.3, 0.4) is 0 Å². The highest BCUT2D eigenvalue weighted by atomic mass is 32.2. The number of H-pyrrole nitrogens is 1. The minimum atomic E-state index is -4.95. The monoisotopic (exact) mass is 465 g/mol. The molecule has 0 aliphatic carbocycles. The van der Waals surface area contributed by atoms with Crippen LogP contribution in [0.2, 0.25) is 0 Å². The molecule has 2 heterocycles. The average molecular weight is 465 g/mol. The van der Waals surface area contributed by atoms with Gasteiger partial charge in [0.25, 0.3) is 0 Å². The topological polar surface area (TPSA) is 67.3 Å². The Morgan fingerprint density at radius 1 is 0.867 bits per heavy atom. The second-order valence-electron chi connectivity index (χ2n) is 5.90. The Bertz CT molecular complexity index is 993. The third-order valence-electron chi connectivity index (χ3n) is 3.80. The van der Waals surface area contributed by atoms with Crippen molar-refractivity contribution in [3.05, 3.63) is 41.1 Å². The van der Waals surface area contributed by atoms with Crippen molar-refractivity contribution in [3.8, 4) is 11.4 Å². The fourth-order valence-corrected chi connectivity index (χ4v) is 3.58. The van der Waals surface area contributed by atoms with Crippen LogP contribution < -0.4 is 0 Å². The molecule has 0 radical (unpaired) electrons. The zero-order chi connectivity index (χ0) is 22.1. The normalized spacial score (nSPS) is 12.4. The Morgan fingerprint density at radius 2 is 1.50 bits per heavy atom. The second kappa shape index (κ2) is 8.46. The predicted octanol–water partition coefficient (Wildman–Crippen LogP) is 5.73. The Balaban J connectivity index is 1.96. The van der Waals surface area contributed by atoms with Crippen molar-refractivity contribution in [2.45, 2.75) is 41.0 Å². The van der Waals surface area contributed by atoms with Crippen LogP contribution >= 0.6 is 23.5 Å². The fourth-order valence-electron chi connectivity index (χ4n) is 2.38. The van der Waals surface area contributed by atoms with E-state index in [4.69, 9.17) is 0 Å². The number of aromatic nitrogens is 5. The van der Waals surface area contributed by atoms with Crippen LogP contribution in [0.5, 0.6) is 0 Å². The summed E-state index contributed by atoms with van der Waals surface area (Å²) < 4.78 is 78.3. The Hall–Kier alpha value is -2.28. The van der Waals surface area contributed by atoms with E-state index >= 15 is 0 Å². The first-order valence-corrected chi connectivity index (χ1v) is 10.4. The van der Waals surface area contributed by atoms with Gasteiger partial charge < -0.3 is 0 Å². The summed E-state index contributed by atoms with van der Waals surface area (Å²) in [6.07, 6.45) is -7.42. The summed E-state index contributed by atoms with van der Waals surface area (Å²) >= 11 is 2.35. The van der Waals surface area contributed by atoms with Gasteiger partial charge in [0.2, 0.25) is 5.16 Å². The van der Waals surface area contributed by atoms with E-state index < -0.39 is 23.5 Å². The first-order chi connectivity index (χ1) is 14.0. The summed E-state index contributed by atoms with van der Waals surface area (Å²) in [7, 11) is 0. The minimum Gasteiger partial charge on any atom is -0.258 e. The summed E-state index contributed by atoms with van der Waals surface area (Å²) in [6, 6.07) is 2.96. The molecule has 0 spiro atoms. The molecule has 1 aromatic carbocycles. The number of benzene rings is 1. The van der Waals surface area contributed by atoms with E-state index in [0.29, 0.717) is 28.7 Å². The predicted molar refractivity (Wildman–Crippen MR) is 99.1 cm³/mol. The molecule has 0 fully saturated rings. The lowest BCUT2D eigenvalue weighted by Gasteiger charge is -2.13. The number of alkyl halides is 6. The SMILES string of the molecule is CCc1cc(Sc2n[nH]c(-c3cc(C(F)(F)F)cc(C(F)(F)F)c3)n2)nc(SC)n1. The van der Waals surface area contributed by atoms with Crippen molar-refractivity contribution in [1.82, 2.24) is 25.1 Å². The summed E-state index contributed by atoms with van der Waals surface area (Å²) in [4.78, 5) is 12.6. The summed E-state index contributed by atoms with van der Waals surface area (Å²) in [5.74, 6) is -0.219. The van der Waals surface area contributed by atoms with Crippen molar-refractivity contribution in [1.29, 1.82) is 0 Å². The van der Waals surface area contributed by atoms with Crippen molar-refractivity contribution in [2.75, 3.05) is 6.26 Å². The van der Waals surface area contributed by atoms with Gasteiger partial charge in [0.1, 0.15) is 5.03 Å². The maximum Gasteiger partial charge on any atom is 0.416 e. The third kappa shape index (κ3) is 5.25. The van der Waals surface area contributed by atoms with E-state index in [0.717, 1.165) is 17.5 Å². The molecular formula is C17H13F6N5S2. The molecule has 2 aromatic heterocycles. The van der Waals surface area contributed by atoms with Crippen LogP contribution in [-0.4, -0.2) is 31.4 Å². The summed E-state index contributed by atoms with van der Waals surface area (Å²) in [5.41, 5.74) is -2.45. The smallest absolute Gasteiger partial charge is 0.258 e. The number of nitrogens with zero attached hydrogens (tertiary/aromatic N) is 4. The van der Waals surface area contributed by atoms with Crippen LogP contribution in [0.1, 0.15) is 23.7 Å². The first kappa shape index (κ1) is 22.4. The fraction of sp³-hybridized carbons (Fsp3) is 0.294. The van der Waals surface area contributed by atoms with Crippen molar-refractivity contribution >= 4 is 23.5 Å². The van der Waals surface area contributed by atoms with Gasteiger partial charge in [-0.2, -0.15) is 26.3 Å². The van der Waals surface area contributed by atoms with Crippen LogP contribution in [0.15, 0.2) is 39.6 Å². The largest absolute Gasteiger partial charge is 0.416 e. The number of aryl methyl sites for hydroxylation is 1. The van der Waals surface area contributed by atoms with Gasteiger partial charge >= 0.3 is 12.4 Å². The lowest BCUT2D eigenvalue weighted by molar-refractivity contribution is -0.143. The zero-order valence-corrected chi connectivity index (χ0v) is 17.0. The number of rotatable bonds is 5. The standard InChI is InChI=1S/C17H13F6N5S2/c1-3-11-7-12(25-14(24-11)29-2)30-15-26-13(27-28-15)8-4-9(16(18,19)20)6-10(5-8)17(21,22)23/h4-7H,3H2,1-2H3,(H,26,27,28). The molecule has 0 unspecified atom stereocenters. The summed E-state index contributed by atoms with van der Waals surface area (Å²) in [6.45, 7) is 1.91. The second-order valence-corrected chi connectivity index (χ2v) is 7.66. The molecule has 0 amide bonds. The molecule has 1 N–H and O–H groups in total. The number of hydrogen-bond acceptors (Lipinski definition) is 6. The van der Waals surface area contributed by atoms with Gasteiger partial charge in [-0.1, -0.05) is 18.7 Å². The number of aromatic amines is 1. The molecule has 0 saturated heterocycles. The summed E-state index contributed by atoms with van der Waals surface area (Å²) in [5, 5.41) is 7.41. The Labute approximate surface area is 175 Å². The zero-order valence-electron chi connectivity index (χ0n) is 15.4. The lowest BCUT2D eigenvalue weighted by atomic mass is 10.0. The molecule has 0 bridgehead atoms.